The number of hydrogen-bond donors (Lipinski definition) is 0. The Hall–Kier alpha value is -4.73. The summed E-state index contributed by atoms with van der Waals surface area (Å²) in [5.41, 5.74) is 0.493. The van der Waals surface area contributed by atoms with E-state index in [1.54, 1.807) is 18.2 Å². The Morgan fingerprint density at radius 3 is 2.02 bits per heavy atom. The number of ether oxygens (including phenoxy) is 5. The van der Waals surface area contributed by atoms with Crippen LogP contribution in [-0.2, 0) is 51.0 Å². The molecule has 1 aliphatic heterocycles. The Bertz CT molecular complexity index is 1410. The van der Waals surface area contributed by atoms with Gasteiger partial charge in [-0.05, 0) is 55.2 Å². The predicted octanol–water partition coefficient (Wildman–Crippen LogP) is 4.03. The van der Waals surface area contributed by atoms with Crippen LogP contribution in [0.4, 0.5) is 0 Å². The molecule has 0 unspecified atom stereocenters. The van der Waals surface area contributed by atoms with Crippen molar-refractivity contribution < 1.29 is 47.7 Å². The van der Waals surface area contributed by atoms with Crippen LogP contribution in [0.5, 0.6) is 11.5 Å². The summed E-state index contributed by atoms with van der Waals surface area (Å²) >= 11 is 0. The maximum absolute atomic E-state index is 13.4. The van der Waals surface area contributed by atoms with Crippen LogP contribution in [0, 0.1) is 0 Å². The number of benzene rings is 2. The number of rotatable bonds is 9. The molecule has 0 radical (unpaired) electrons. The molecule has 1 heterocycles. The molecule has 0 aliphatic carbocycles. The van der Waals surface area contributed by atoms with E-state index in [2.05, 4.69) is 0 Å². The van der Waals surface area contributed by atoms with Crippen molar-refractivity contribution in [3.8, 4) is 11.5 Å². The van der Waals surface area contributed by atoms with Gasteiger partial charge in [0.15, 0.2) is 0 Å². The number of carbonyl (C=O) groups is 5. The number of allylic oxidation sites excluding steroid dienone is 2. The Kier molecular flexibility index (Phi) is 9.26. The highest BCUT2D eigenvalue weighted by Gasteiger charge is 2.56. The molecule has 210 valence electrons. The van der Waals surface area contributed by atoms with Crippen molar-refractivity contribution in [3.63, 3.8) is 0 Å². The molecule has 10 heteroatoms. The second-order valence-electron chi connectivity index (χ2n) is 9.32. The monoisotopic (exact) mass is 550 g/mol. The molecule has 0 N–H and O–H groups in total. The first-order chi connectivity index (χ1) is 18.9. The minimum atomic E-state index is -2.03. The van der Waals surface area contributed by atoms with Gasteiger partial charge in [0.1, 0.15) is 11.5 Å². The average Bonchev–Trinajstić information content (AvgIpc) is 3.14. The van der Waals surface area contributed by atoms with Crippen LogP contribution in [0.25, 0.3) is 5.57 Å². The molecule has 0 saturated carbocycles. The first-order valence-electron chi connectivity index (χ1n) is 12.3. The Balaban J connectivity index is 2.20. The van der Waals surface area contributed by atoms with Gasteiger partial charge in [-0.3, -0.25) is 14.4 Å². The quantitative estimate of drug-likeness (QED) is 0.195. The first kappa shape index (κ1) is 29.8. The molecule has 2 aromatic rings. The number of cyclic esters (lactones) is 1. The highest BCUT2D eigenvalue weighted by Crippen LogP contribution is 2.44. The van der Waals surface area contributed by atoms with Crippen molar-refractivity contribution in [2.75, 3.05) is 7.11 Å². The molecule has 2 aromatic carbocycles. The molecule has 0 spiro atoms. The summed E-state index contributed by atoms with van der Waals surface area (Å²) in [5, 5.41) is 0. The Morgan fingerprint density at radius 1 is 0.850 bits per heavy atom. The largest absolute Gasteiger partial charge is 0.466 e. The number of esters is 5. The van der Waals surface area contributed by atoms with E-state index < -0.39 is 41.2 Å². The smallest absolute Gasteiger partial charge is 0.376 e. The lowest BCUT2D eigenvalue weighted by atomic mass is 9.82. The minimum Gasteiger partial charge on any atom is -0.466 e. The molecular weight excluding hydrogens is 520 g/mol. The fraction of sp³-hybridized carbons (Fsp3) is 0.300. The maximum Gasteiger partial charge on any atom is 0.376 e. The lowest BCUT2D eigenvalue weighted by molar-refractivity contribution is -0.169. The molecule has 0 fully saturated rings. The molecule has 40 heavy (non-hydrogen) atoms. The summed E-state index contributed by atoms with van der Waals surface area (Å²) < 4.78 is 26.4. The van der Waals surface area contributed by atoms with Crippen molar-refractivity contribution >= 4 is 35.4 Å². The SMILES string of the molecule is COC(=O)[C@]1(Cc2ccc(OC(C)=O)c(CC=C(C)C)c2)OC(=O)C(OC(C)=O)=C1c1ccc(OC(C)=O)cc1. The maximum atomic E-state index is 13.4. The summed E-state index contributed by atoms with van der Waals surface area (Å²) in [7, 11) is 1.15. The van der Waals surface area contributed by atoms with E-state index in [0.29, 0.717) is 28.9 Å². The van der Waals surface area contributed by atoms with E-state index in [-0.39, 0.29) is 17.7 Å². The third kappa shape index (κ3) is 6.82. The zero-order chi connectivity index (χ0) is 29.6. The molecule has 0 bridgehead atoms. The fourth-order valence-corrected chi connectivity index (χ4v) is 4.26. The standard InChI is InChI=1S/C30H30O10/c1-17(2)7-9-23-15-21(8-14-25(23)38-19(4)32)16-30(29(35)36-6)26(27(28(34)40-30)39-20(5)33)22-10-12-24(13-11-22)37-18(3)31/h7-8,10-15H,9,16H2,1-6H3/t30-/m1/s1. The lowest BCUT2D eigenvalue weighted by Crippen LogP contribution is -2.44. The predicted molar refractivity (Wildman–Crippen MR) is 142 cm³/mol. The van der Waals surface area contributed by atoms with Crippen LogP contribution in [0.2, 0.25) is 0 Å². The topological polar surface area (TPSA) is 132 Å². The summed E-state index contributed by atoms with van der Waals surface area (Å²) in [6.07, 6.45) is 2.19. The van der Waals surface area contributed by atoms with Gasteiger partial charge in [-0.2, -0.15) is 0 Å². The molecule has 0 aromatic heterocycles. The molecular formula is C30H30O10. The van der Waals surface area contributed by atoms with Crippen molar-refractivity contribution in [1.29, 1.82) is 0 Å². The fourth-order valence-electron chi connectivity index (χ4n) is 4.26. The number of carbonyl (C=O) groups excluding carboxylic acids is 5. The van der Waals surface area contributed by atoms with Crippen LogP contribution in [0.15, 0.2) is 59.9 Å². The van der Waals surface area contributed by atoms with Gasteiger partial charge in [0.2, 0.25) is 11.4 Å². The highest BCUT2D eigenvalue weighted by molar-refractivity contribution is 6.12. The van der Waals surface area contributed by atoms with Gasteiger partial charge in [0.25, 0.3) is 0 Å². The third-order valence-electron chi connectivity index (χ3n) is 5.81. The van der Waals surface area contributed by atoms with Crippen molar-refractivity contribution in [1.82, 2.24) is 0 Å². The molecule has 10 nitrogen and oxygen atoms in total. The Morgan fingerprint density at radius 2 is 1.48 bits per heavy atom. The zero-order valence-corrected chi connectivity index (χ0v) is 23.1. The molecule has 1 aliphatic rings. The van der Waals surface area contributed by atoms with Gasteiger partial charge in [-0.15, -0.1) is 0 Å². The first-order valence-corrected chi connectivity index (χ1v) is 12.3. The van der Waals surface area contributed by atoms with Gasteiger partial charge >= 0.3 is 29.8 Å². The normalized spacial score (nSPS) is 16.1. The second-order valence-corrected chi connectivity index (χ2v) is 9.32. The van der Waals surface area contributed by atoms with E-state index in [1.165, 1.54) is 38.1 Å². The van der Waals surface area contributed by atoms with E-state index in [0.717, 1.165) is 19.6 Å². The minimum absolute atomic E-state index is 0.0242. The van der Waals surface area contributed by atoms with E-state index in [4.69, 9.17) is 23.7 Å². The molecule has 0 amide bonds. The number of methoxy groups -OCH3 is 1. The Labute approximate surface area is 231 Å². The summed E-state index contributed by atoms with van der Waals surface area (Å²) in [6, 6.07) is 10.9. The highest BCUT2D eigenvalue weighted by atomic mass is 16.6. The summed E-state index contributed by atoms with van der Waals surface area (Å²) in [4.78, 5) is 61.4. The summed E-state index contributed by atoms with van der Waals surface area (Å²) in [6.45, 7) is 7.52. The van der Waals surface area contributed by atoms with Gasteiger partial charge < -0.3 is 23.7 Å². The van der Waals surface area contributed by atoms with Gasteiger partial charge in [-0.1, -0.05) is 35.9 Å². The zero-order valence-electron chi connectivity index (χ0n) is 23.1. The molecule has 0 saturated heterocycles. The van der Waals surface area contributed by atoms with Crippen LogP contribution >= 0.6 is 0 Å². The average molecular weight is 551 g/mol. The van der Waals surface area contributed by atoms with Gasteiger partial charge in [0, 0.05) is 27.2 Å². The number of hydrogen-bond acceptors (Lipinski definition) is 10. The third-order valence-corrected chi connectivity index (χ3v) is 5.81. The van der Waals surface area contributed by atoms with E-state index in [9.17, 15) is 24.0 Å². The second kappa shape index (κ2) is 12.4. The van der Waals surface area contributed by atoms with E-state index >= 15 is 0 Å². The lowest BCUT2D eigenvalue weighted by Gasteiger charge is -2.28. The van der Waals surface area contributed by atoms with Crippen LogP contribution < -0.4 is 9.47 Å². The van der Waals surface area contributed by atoms with Crippen LogP contribution in [0.1, 0.15) is 51.3 Å². The molecule has 3 rings (SSSR count). The van der Waals surface area contributed by atoms with Crippen molar-refractivity contribution in [3.05, 3.63) is 76.6 Å². The van der Waals surface area contributed by atoms with E-state index in [1.807, 2.05) is 19.9 Å². The van der Waals surface area contributed by atoms with Crippen molar-refractivity contribution in [2.45, 2.75) is 53.1 Å². The van der Waals surface area contributed by atoms with Crippen LogP contribution in [-0.4, -0.2) is 42.6 Å². The summed E-state index contributed by atoms with van der Waals surface area (Å²) in [5.74, 6) is -3.63. The molecule has 1 atom stereocenters. The van der Waals surface area contributed by atoms with Gasteiger partial charge in [0.05, 0.1) is 12.7 Å². The van der Waals surface area contributed by atoms with Crippen LogP contribution in [0.3, 0.4) is 0 Å². The van der Waals surface area contributed by atoms with Crippen molar-refractivity contribution in [2.24, 2.45) is 0 Å². The van der Waals surface area contributed by atoms with Gasteiger partial charge in [-0.25, -0.2) is 9.59 Å².